The third-order valence-corrected chi connectivity index (χ3v) is 8.40. The highest BCUT2D eigenvalue weighted by atomic mass is 35.5. The molecule has 4 nitrogen and oxygen atoms in total. The summed E-state index contributed by atoms with van der Waals surface area (Å²) >= 11 is 10.9. The van der Waals surface area contributed by atoms with Crippen molar-refractivity contribution in [2.24, 2.45) is 0 Å². The van der Waals surface area contributed by atoms with Crippen LogP contribution < -0.4 is 0 Å². The van der Waals surface area contributed by atoms with Crippen LogP contribution in [0.4, 0.5) is 0 Å². The third-order valence-electron chi connectivity index (χ3n) is 4.95. The number of carbonyl (C=O) groups is 1. The highest BCUT2D eigenvalue weighted by Gasteiger charge is 2.27. The molecule has 4 heterocycles. The Morgan fingerprint density at radius 1 is 1.18 bits per heavy atom. The summed E-state index contributed by atoms with van der Waals surface area (Å²) in [6.07, 6.45) is 3.59. The van der Waals surface area contributed by atoms with Crippen LogP contribution in [0.3, 0.4) is 0 Å². The first-order chi connectivity index (χ1) is 13.7. The lowest BCUT2D eigenvalue weighted by Gasteiger charge is -2.30. The number of hydrogen-bond donors (Lipinski definition) is 0. The van der Waals surface area contributed by atoms with Crippen molar-refractivity contribution >= 4 is 61.7 Å². The molecule has 0 atom stereocenters. The van der Waals surface area contributed by atoms with E-state index in [1.165, 1.54) is 16.0 Å². The standard InChI is InChI=1S/C20H16ClN3OS3/c21-13-3-4-15-14(10-13)23-18(27-15)12-5-7-24(8-6-12)20(25)17-11-22-19(28-17)16-2-1-9-26-16/h1-4,9-12H,5-8H2. The Kier molecular flexibility index (Phi) is 4.92. The smallest absolute Gasteiger partial charge is 0.265 e. The molecule has 0 radical (unpaired) electrons. The Morgan fingerprint density at radius 3 is 2.82 bits per heavy atom. The van der Waals surface area contributed by atoms with Gasteiger partial charge in [0.05, 0.1) is 26.3 Å². The van der Waals surface area contributed by atoms with Crippen LogP contribution in [0.1, 0.15) is 33.4 Å². The minimum Gasteiger partial charge on any atom is -0.338 e. The molecule has 0 spiro atoms. The number of likely N-dealkylation sites (tertiary alicyclic amines) is 1. The molecule has 0 aliphatic carbocycles. The van der Waals surface area contributed by atoms with E-state index in [-0.39, 0.29) is 5.91 Å². The molecule has 1 aliphatic heterocycles. The number of benzene rings is 1. The van der Waals surface area contributed by atoms with Gasteiger partial charge in [-0.15, -0.1) is 34.0 Å². The van der Waals surface area contributed by atoms with Crippen molar-refractivity contribution < 1.29 is 4.79 Å². The van der Waals surface area contributed by atoms with E-state index < -0.39 is 0 Å². The van der Waals surface area contributed by atoms with Gasteiger partial charge in [0.25, 0.3) is 5.91 Å². The van der Waals surface area contributed by atoms with Gasteiger partial charge in [-0.05, 0) is 42.5 Å². The molecule has 5 rings (SSSR count). The Bertz CT molecular complexity index is 1130. The number of thiophene rings is 1. The predicted molar refractivity (Wildman–Crippen MR) is 118 cm³/mol. The molecular weight excluding hydrogens is 430 g/mol. The molecule has 3 aromatic heterocycles. The fourth-order valence-corrected chi connectivity index (χ4v) is 6.44. The number of fused-ring (bicyclic) bond motifs is 1. The number of aromatic nitrogens is 2. The lowest BCUT2D eigenvalue weighted by molar-refractivity contribution is 0.0717. The first-order valence-corrected chi connectivity index (χ1v) is 11.9. The molecule has 142 valence electrons. The molecule has 0 saturated carbocycles. The van der Waals surface area contributed by atoms with E-state index >= 15 is 0 Å². The third kappa shape index (κ3) is 3.48. The van der Waals surface area contributed by atoms with Gasteiger partial charge in [0.2, 0.25) is 0 Å². The predicted octanol–water partition coefficient (Wildman–Crippen LogP) is 6.15. The maximum absolute atomic E-state index is 12.9. The summed E-state index contributed by atoms with van der Waals surface area (Å²) in [7, 11) is 0. The van der Waals surface area contributed by atoms with Crippen molar-refractivity contribution in [1.29, 1.82) is 0 Å². The van der Waals surface area contributed by atoms with Gasteiger partial charge in [-0.2, -0.15) is 0 Å². The maximum atomic E-state index is 12.9. The highest BCUT2D eigenvalue weighted by molar-refractivity contribution is 7.22. The number of halogens is 1. The van der Waals surface area contributed by atoms with Crippen LogP contribution in [-0.4, -0.2) is 33.9 Å². The van der Waals surface area contributed by atoms with Crippen molar-refractivity contribution in [3.63, 3.8) is 0 Å². The molecule has 0 unspecified atom stereocenters. The van der Waals surface area contributed by atoms with Gasteiger partial charge in [-0.25, -0.2) is 9.97 Å². The number of piperidine rings is 1. The molecule has 8 heteroatoms. The number of hydrogen-bond acceptors (Lipinski definition) is 6. The normalized spacial score (nSPS) is 15.4. The van der Waals surface area contributed by atoms with Crippen LogP contribution in [0.5, 0.6) is 0 Å². The second kappa shape index (κ2) is 7.55. The number of rotatable bonds is 3. The van der Waals surface area contributed by atoms with Crippen molar-refractivity contribution in [2.75, 3.05) is 13.1 Å². The Labute approximate surface area is 179 Å². The molecule has 1 amide bonds. The van der Waals surface area contributed by atoms with E-state index in [1.54, 1.807) is 28.9 Å². The molecule has 1 aromatic carbocycles. The van der Waals surface area contributed by atoms with E-state index in [0.717, 1.165) is 56.2 Å². The minimum atomic E-state index is 0.0924. The SMILES string of the molecule is O=C(c1cnc(-c2cccs2)s1)N1CCC(c2nc3cc(Cl)ccc3s2)CC1. The lowest BCUT2D eigenvalue weighted by atomic mass is 9.97. The van der Waals surface area contributed by atoms with Crippen LogP contribution >= 0.6 is 45.6 Å². The van der Waals surface area contributed by atoms with E-state index in [0.29, 0.717) is 5.92 Å². The molecule has 1 saturated heterocycles. The van der Waals surface area contributed by atoms with Crippen LogP contribution in [0.25, 0.3) is 20.1 Å². The van der Waals surface area contributed by atoms with Crippen molar-refractivity contribution in [3.05, 3.63) is 56.8 Å². The topological polar surface area (TPSA) is 46.1 Å². The lowest BCUT2D eigenvalue weighted by Crippen LogP contribution is -2.37. The van der Waals surface area contributed by atoms with Crippen molar-refractivity contribution in [1.82, 2.24) is 14.9 Å². The van der Waals surface area contributed by atoms with E-state index in [2.05, 4.69) is 4.98 Å². The zero-order valence-corrected chi connectivity index (χ0v) is 18.0. The van der Waals surface area contributed by atoms with Gasteiger partial charge >= 0.3 is 0 Å². The summed E-state index contributed by atoms with van der Waals surface area (Å²) < 4.78 is 1.17. The molecule has 4 aromatic rings. The largest absolute Gasteiger partial charge is 0.338 e. The molecule has 1 fully saturated rings. The summed E-state index contributed by atoms with van der Waals surface area (Å²) in [5.41, 5.74) is 0.969. The Morgan fingerprint density at radius 2 is 2.04 bits per heavy atom. The Balaban J connectivity index is 1.26. The molecule has 1 aliphatic rings. The van der Waals surface area contributed by atoms with E-state index in [1.807, 2.05) is 40.6 Å². The van der Waals surface area contributed by atoms with Gasteiger partial charge in [0, 0.05) is 24.0 Å². The zero-order chi connectivity index (χ0) is 19.1. The fraction of sp³-hybridized carbons (Fsp3) is 0.250. The highest BCUT2D eigenvalue weighted by Crippen LogP contribution is 2.35. The summed E-state index contributed by atoms with van der Waals surface area (Å²) in [5, 5.41) is 4.82. The van der Waals surface area contributed by atoms with Crippen LogP contribution in [0.15, 0.2) is 41.9 Å². The van der Waals surface area contributed by atoms with E-state index in [4.69, 9.17) is 16.6 Å². The van der Waals surface area contributed by atoms with Gasteiger partial charge in [-0.1, -0.05) is 17.7 Å². The van der Waals surface area contributed by atoms with E-state index in [9.17, 15) is 4.79 Å². The monoisotopic (exact) mass is 445 g/mol. The quantitative estimate of drug-likeness (QED) is 0.379. The Hall–Kier alpha value is -1.80. The molecular formula is C20H16ClN3OS3. The number of nitrogens with zero attached hydrogens (tertiary/aromatic N) is 3. The van der Waals surface area contributed by atoms with Crippen molar-refractivity contribution in [3.8, 4) is 9.88 Å². The fourth-order valence-electron chi connectivity index (χ4n) is 3.47. The summed E-state index contributed by atoms with van der Waals surface area (Å²) in [5.74, 6) is 0.498. The molecule has 28 heavy (non-hydrogen) atoms. The summed E-state index contributed by atoms with van der Waals surface area (Å²) in [4.78, 5) is 25.9. The number of carbonyl (C=O) groups excluding carboxylic acids is 1. The van der Waals surface area contributed by atoms with Crippen LogP contribution in [0.2, 0.25) is 5.02 Å². The average molecular weight is 446 g/mol. The second-order valence-corrected chi connectivity index (χ2v) is 10.2. The minimum absolute atomic E-state index is 0.0924. The van der Waals surface area contributed by atoms with Crippen molar-refractivity contribution in [2.45, 2.75) is 18.8 Å². The average Bonchev–Trinajstić information content (AvgIpc) is 3.46. The van der Waals surface area contributed by atoms with Gasteiger partial charge in [0.15, 0.2) is 0 Å². The van der Waals surface area contributed by atoms with Crippen LogP contribution in [0, 0.1) is 0 Å². The number of amides is 1. The maximum Gasteiger partial charge on any atom is 0.265 e. The van der Waals surface area contributed by atoms with Gasteiger partial charge in [-0.3, -0.25) is 4.79 Å². The first kappa shape index (κ1) is 18.2. The molecule has 0 bridgehead atoms. The second-order valence-electron chi connectivity index (χ2n) is 6.74. The number of thiazole rings is 2. The molecule has 0 N–H and O–H groups in total. The summed E-state index contributed by atoms with van der Waals surface area (Å²) in [6.45, 7) is 1.51. The summed E-state index contributed by atoms with van der Waals surface area (Å²) in [6, 6.07) is 9.90. The van der Waals surface area contributed by atoms with Gasteiger partial charge < -0.3 is 4.90 Å². The first-order valence-electron chi connectivity index (χ1n) is 9.02. The van der Waals surface area contributed by atoms with Gasteiger partial charge in [0.1, 0.15) is 9.88 Å². The van der Waals surface area contributed by atoms with Crippen LogP contribution in [-0.2, 0) is 0 Å². The zero-order valence-electron chi connectivity index (χ0n) is 14.8.